The number of hydrogen-bond donors (Lipinski definition) is 0. The van der Waals surface area contributed by atoms with Gasteiger partial charge < -0.3 is 4.74 Å². The molecular weight excluding hydrogens is 592 g/mol. The molecule has 0 amide bonds. The van der Waals surface area contributed by atoms with Crippen LogP contribution in [0.25, 0.3) is 0 Å². The van der Waals surface area contributed by atoms with Gasteiger partial charge in [-0.05, 0) is 30.9 Å². The van der Waals surface area contributed by atoms with Crippen molar-refractivity contribution >= 4 is 59.9 Å². The van der Waals surface area contributed by atoms with Gasteiger partial charge in [0.05, 0.1) is 6.61 Å². The van der Waals surface area contributed by atoms with Gasteiger partial charge in [-0.15, -0.1) is 0 Å². The number of para-hydroxylation sites is 1. The minimum atomic E-state index is -0.278. The van der Waals surface area contributed by atoms with Crippen LogP contribution in [0, 0.1) is 5.92 Å². The molecule has 17 heavy (non-hydrogen) atoms. The first-order chi connectivity index (χ1) is 8.18. The summed E-state index contributed by atoms with van der Waals surface area (Å²) in [4.78, 5) is -0.278. The van der Waals surface area contributed by atoms with Crippen LogP contribution in [-0.4, -0.2) is 6.61 Å². The normalized spacial score (nSPS) is 13.1. The maximum atomic E-state index is 5.53. The van der Waals surface area contributed by atoms with Crippen LogP contribution in [0.5, 0.6) is 5.75 Å². The number of hydrogen-bond acceptors (Lipinski definition) is 1. The van der Waals surface area contributed by atoms with E-state index in [1.54, 1.807) is 0 Å². The third-order valence-corrected chi connectivity index (χ3v) is 1.93. The summed E-state index contributed by atoms with van der Waals surface area (Å²) in [6, 6.07) is 10.0. The fourth-order valence-electron chi connectivity index (χ4n) is 1.02. The van der Waals surface area contributed by atoms with Crippen molar-refractivity contribution in [2.24, 2.45) is 5.92 Å². The van der Waals surface area contributed by atoms with E-state index in [1.807, 2.05) is 44.2 Å². The summed E-state index contributed by atoms with van der Waals surface area (Å²) in [5, 5.41) is 0. The van der Waals surface area contributed by atoms with Crippen LogP contribution >= 0.6 is 59.9 Å². The molecule has 0 unspecified atom stereocenters. The third-order valence-electron chi connectivity index (χ3n) is 1.93. The minimum absolute atomic E-state index is 0.278. The molecule has 2 rings (SSSR count). The number of halogens is 3. The summed E-state index contributed by atoms with van der Waals surface area (Å²) in [7, 11) is 0. The Hall–Kier alpha value is 1.79. The Labute approximate surface area is 143 Å². The average molecular weight is 610 g/mol. The van der Waals surface area contributed by atoms with Gasteiger partial charge in [0.1, 0.15) is 5.75 Å². The predicted octanol–water partition coefficient (Wildman–Crippen LogP) is 6.16. The topological polar surface area (TPSA) is 9.23 Å². The molecule has 0 radical (unpaired) electrons. The van der Waals surface area contributed by atoms with Crippen LogP contribution in [0.2, 0.25) is 0 Å². The third kappa shape index (κ3) is 14.0. The summed E-state index contributed by atoms with van der Waals surface area (Å²) >= 11 is 7.39. The molecule has 1 aliphatic carbocycles. The van der Waals surface area contributed by atoms with Gasteiger partial charge in [0.15, 0.2) is 0 Å². The molecule has 1 aliphatic rings. The summed E-state index contributed by atoms with van der Waals surface area (Å²) in [6.07, 6.45) is 2.71. The summed E-state index contributed by atoms with van der Waals surface area (Å²) in [5.74, 6) is 1.84. The van der Waals surface area contributed by atoms with Gasteiger partial charge in [0.2, 0.25) is 0 Å². The van der Waals surface area contributed by atoms with Crippen molar-refractivity contribution in [3.8, 4) is 5.75 Å². The monoisotopic (exact) mass is 610 g/mol. The van der Waals surface area contributed by atoms with E-state index in [0.29, 0.717) is 0 Å². The van der Waals surface area contributed by atoms with Crippen molar-refractivity contribution in [2.45, 2.75) is 26.7 Å². The first-order valence-electron chi connectivity index (χ1n) is 5.64. The van der Waals surface area contributed by atoms with Gasteiger partial charge in [0, 0.05) is 0 Å². The van der Waals surface area contributed by atoms with Crippen molar-refractivity contribution < 1.29 is 9.66 Å². The largest absolute Gasteiger partial charge is 0.493 e. The van der Waals surface area contributed by atoms with Gasteiger partial charge in [0.25, 0.3) is 0 Å². The van der Waals surface area contributed by atoms with Crippen LogP contribution in [0.15, 0.2) is 30.3 Å². The molecule has 0 heterocycles. The Morgan fingerprint density at radius 3 is 2.00 bits per heavy atom. The van der Waals surface area contributed by atoms with Crippen molar-refractivity contribution in [3.63, 3.8) is 0 Å². The van der Waals surface area contributed by atoms with Crippen LogP contribution in [-0.2, 0) is 4.92 Å². The first kappa shape index (κ1) is 18.8. The molecule has 1 aromatic carbocycles. The SMILES string of the molecule is CC.[I][V]([I])[I].c1ccc(OCC2CC2)cc1. The zero-order chi connectivity index (χ0) is 13.1. The van der Waals surface area contributed by atoms with Crippen LogP contribution in [0.3, 0.4) is 0 Å². The first-order valence-corrected chi connectivity index (χ1v) is 19.2. The van der Waals surface area contributed by atoms with Crippen molar-refractivity contribution in [1.82, 2.24) is 0 Å². The molecule has 0 saturated heterocycles. The smallest absolute Gasteiger partial charge is 0.119 e. The zero-order valence-electron chi connectivity index (χ0n) is 10.1. The number of benzene rings is 1. The zero-order valence-corrected chi connectivity index (χ0v) is 17.9. The molecular formula is C12H18I3OV. The van der Waals surface area contributed by atoms with E-state index in [-0.39, 0.29) is 4.92 Å². The van der Waals surface area contributed by atoms with Gasteiger partial charge in [-0.1, -0.05) is 32.0 Å². The second-order valence-corrected chi connectivity index (χ2v) is 38.6. The van der Waals surface area contributed by atoms with E-state index >= 15 is 0 Å². The van der Waals surface area contributed by atoms with Crippen molar-refractivity contribution in [2.75, 3.05) is 6.61 Å². The van der Waals surface area contributed by atoms with E-state index < -0.39 is 0 Å². The maximum absolute atomic E-state index is 5.53. The molecule has 0 atom stereocenters. The molecule has 1 nitrogen and oxygen atoms in total. The Balaban J connectivity index is 0.000000368. The van der Waals surface area contributed by atoms with Crippen LogP contribution < -0.4 is 4.74 Å². The molecule has 0 bridgehead atoms. The standard InChI is InChI=1S/C10H12O.C2H6.3HI.V/c1-2-4-10(5-3-1)11-8-9-6-7-9;1-2;;;;/h1-5,9H,6-8H2;1-2H3;3*1H;/q;;;;;+3/p-3. The predicted molar refractivity (Wildman–Crippen MR) is 98.1 cm³/mol. The summed E-state index contributed by atoms with van der Waals surface area (Å²) < 4.78 is 5.53. The molecule has 5 heteroatoms. The molecule has 1 saturated carbocycles. The second-order valence-electron chi connectivity index (χ2n) is 3.26. The van der Waals surface area contributed by atoms with Crippen molar-refractivity contribution in [3.05, 3.63) is 30.3 Å². The van der Waals surface area contributed by atoms with Gasteiger partial charge in [-0.3, -0.25) is 0 Å². The summed E-state index contributed by atoms with van der Waals surface area (Å²) in [5.41, 5.74) is 0. The van der Waals surface area contributed by atoms with Crippen molar-refractivity contribution in [1.29, 1.82) is 0 Å². The van der Waals surface area contributed by atoms with E-state index in [9.17, 15) is 0 Å². The maximum Gasteiger partial charge on any atom is 0.119 e. The fraction of sp³-hybridized carbons (Fsp3) is 0.500. The average Bonchev–Trinajstić information content (AvgIpc) is 3.14. The Morgan fingerprint density at radius 2 is 1.59 bits per heavy atom. The molecule has 1 aromatic rings. The Kier molecular flexibility index (Phi) is 14.2. The van der Waals surface area contributed by atoms with E-state index in [4.69, 9.17) is 4.74 Å². The molecule has 0 aromatic heterocycles. The molecule has 1 fully saturated rings. The van der Waals surface area contributed by atoms with Crippen LogP contribution in [0.4, 0.5) is 0 Å². The van der Waals surface area contributed by atoms with E-state index in [2.05, 4.69) is 59.9 Å². The second kappa shape index (κ2) is 12.8. The molecule has 0 aliphatic heterocycles. The minimum Gasteiger partial charge on any atom is -0.493 e. The molecule has 0 spiro atoms. The molecule has 0 N–H and O–H groups in total. The van der Waals surface area contributed by atoms with Gasteiger partial charge in [-0.25, -0.2) is 0 Å². The quantitative estimate of drug-likeness (QED) is 0.374. The Morgan fingerprint density at radius 1 is 1.12 bits per heavy atom. The fourth-order valence-corrected chi connectivity index (χ4v) is 1.02. The molecule has 98 valence electrons. The Bertz CT molecular complexity index is 263. The van der Waals surface area contributed by atoms with Gasteiger partial charge >= 0.3 is 64.9 Å². The number of ether oxygens (including phenoxy) is 1. The number of rotatable bonds is 3. The van der Waals surface area contributed by atoms with Gasteiger partial charge in [-0.2, -0.15) is 0 Å². The van der Waals surface area contributed by atoms with E-state index in [0.717, 1.165) is 18.3 Å². The van der Waals surface area contributed by atoms with Crippen LogP contribution in [0.1, 0.15) is 26.7 Å². The summed E-state index contributed by atoms with van der Waals surface area (Å²) in [6.45, 7) is 4.91. The van der Waals surface area contributed by atoms with E-state index in [1.165, 1.54) is 12.8 Å².